The Morgan fingerprint density at radius 3 is 2.65 bits per heavy atom. The molecule has 0 saturated heterocycles. The zero-order valence-corrected chi connectivity index (χ0v) is 13.3. The fourth-order valence-corrected chi connectivity index (χ4v) is 1.98. The molecule has 7 heteroatoms. The van der Waals surface area contributed by atoms with E-state index < -0.39 is 17.7 Å². The van der Waals surface area contributed by atoms with E-state index in [-0.39, 0.29) is 13.0 Å². The number of aliphatic hydroxyl groups is 1. The van der Waals surface area contributed by atoms with Crippen molar-refractivity contribution in [1.82, 2.24) is 10.0 Å². The van der Waals surface area contributed by atoms with Gasteiger partial charge in [-0.1, -0.05) is 0 Å². The molecule has 112 valence electrons. The first-order chi connectivity index (χ1) is 9.24. The van der Waals surface area contributed by atoms with Crippen LogP contribution in [0.4, 0.5) is 4.79 Å². The molecule has 1 aromatic rings. The van der Waals surface area contributed by atoms with Crippen LogP contribution in [-0.4, -0.2) is 38.7 Å². The molecule has 0 spiro atoms. The number of carbonyl (C=O) groups excluding carboxylic acids is 1. The normalized spacial score (nSPS) is 12.9. The van der Waals surface area contributed by atoms with E-state index in [4.69, 9.17) is 9.84 Å². The Labute approximate surface area is 126 Å². The molecule has 0 aliphatic rings. The second-order valence-electron chi connectivity index (χ2n) is 5.29. The summed E-state index contributed by atoms with van der Waals surface area (Å²) < 4.78 is 5.82. The van der Waals surface area contributed by atoms with Crippen LogP contribution in [0, 0.1) is 0 Å². The third kappa shape index (κ3) is 5.07. The number of hydroxylamine groups is 2. The fourth-order valence-electron chi connectivity index (χ4n) is 1.60. The Morgan fingerprint density at radius 1 is 1.50 bits per heavy atom. The molecule has 1 heterocycles. The van der Waals surface area contributed by atoms with Crippen molar-refractivity contribution >= 4 is 22.0 Å². The third-order valence-corrected chi connectivity index (χ3v) is 2.82. The van der Waals surface area contributed by atoms with Gasteiger partial charge in [-0.3, -0.25) is 10.2 Å². The van der Waals surface area contributed by atoms with Gasteiger partial charge in [0.1, 0.15) is 5.60 Å². The van der Waals surface area contributed by atoms with Crippen LogP contribution < -0.4 is 0 Å². The number of hydrogen-bond donors (Lipinski definition) is 2. The first-order valence-corrected chi connectivity index (χ1v) is 6.96. The number of nitrogens with zero attached hydrogens (tertiary/aromatic N) is 2. The third-order valence-electron chi connectivity index (χ3n) is 2.39. The van der Waals surface area contributed by atoms with Crippen LogP contribution in [0.15, 0.2) is 22.9 Å². The Balaban J connectivity index is 2.93. The highest BCUT2D eigenvalue weighted by Crippen LogP contribution is 2.26. The number of halogens is 1. The van der Waals surface area contributed by atoms with Crippen LogP contribution in [0.1, 0.15) is 38.8 Å². The molecule has 6 nitrogen and oxygen atoms in total. The summed E-state index contributed by atoms with van der Waals surface area (Å²) >= 11 is 3.28. The average Bonchev–Trinajstić information content (AvgIpc) is 2.33. The Morgan fingerprint density at radius 2 is 2.15 bits per heavy atom. The van der Waals surface area contributed by atoms with Crippen molar-refractivity contribution in [2.24, 2.45) is 0 Å². The minimum atomic E-state index is -0.865. The second kappa shape index (κ2) is 7.01. The van der Waals surface area contributed by atoms with E-state index in [1.807, 2.05) is 0 Å². The van der Waals surface area contributed by atoms with Crippen LogP contribution in [-0.2, 0) is 4.74 Å². The van der Waals surface area contributed by atoms with Gasteiger partial charge in [0.05, 0.1) is 6.04 Å². The highest BCUT2D eigenvalue weighted by molar-refractivity contribution is 9.10. The summed E-state index contributed by atoms with van der Waals surface area (Å²) in [4.78, 5) is 15.9. The topological polar surface area (TPSA) is 82.9 Å². The van der Waals surface area contributed by atoms with Crippen LogP contribution in [0.25, 0.3) is 0 Å². The molecule has 0 radical (unpaired) electrons. The van der Waals surface area contributed by atoms with Crippen molar-refractivity contribution in [3.05, 3.63) is 28.5 Å². The first-order valence-electron chi connectivity index (χ1n) is 6.17. The molecule has 20 heavy (non-hydrogen) atoms. The van der Waals surface area contributed by atoms with Gasteiger partial charge in [0.15, 0.2) is 0 Å². The predicted molar refractivity (Wildman–Crippen MR) is 76.2 cm³/mol. The smallest absolute Gasteiger partial charge is 0.434 e. The lowest BCUT2D eigenvalue weighted by Crippen LogP contribution is -2.37. The summed E-state index contributed by atoms with van der Waals surface area (Å²) in [6.45, 7) is 4.94. The average molecular weight is 347 g/mol. The molecule has 0 unspecified atom stereocenters. The molecule has 0 saturated carbocycles. The summed E-state index contributed by atoms with van der Waals surface area (Å²) in [5, 5.41) is 19.6. The number of ether oxygens (including phenoxy) is 1. The van der Waals surface area contributed by atoms with Gasteiger partial charge in [-0.15, -0.1) is 0 Å². The second-order valence-corrected chi connectivity index (χ2v) is 6.21. The number of aliphatic hydroxyl groups excluding tert-OH is 1. The van der Waals surface area contributed by atoms with E-state index in [0.29, 0.717) is 10.6 Å². The van der Waals surface area contributed by atoms with E-state index in [9.17, 15) is 10.0 Å². The molecule has 0 aliphatic heterocycles. The zero-order chi connectivity index (χ0) is 15.3. The van der Waals surface area contributed by atoms with E-state index >= 15 is 0 Å². The summed E-state index contributed by atoms with van der Waals surface area (Å²) in [5.74, 6) is 0. The monoisotopic (exact) mass is 346 g/mol. The van der Waals surface area contributed by atoms with Gasteiger partial charge in [0.25, 0.3) is 0 Å². The van der Waals surface area contributed by atoms with Crippen LogP contribution in [0.5, 0.6) is 0 Å². The maximum atomic E-state index is 11.9. The molecular formula is C13H19BrN2O4. The zero-order valence-electron chi connectivity index (χ0n) is 11.7. The Hall–Kier alpha value is -1.18. The van der Waals surface area contributed by atoms with E-state index in [1.54, 1.807) is 33.0 Å². The maximum Gasteiger partial charge on any atom is 0.434 e. The SMILES string of the molecule is CC(C)(C)OC(=O)N(O)[C@@H](CCO)c1cncc(Br)c1. The molecule has 0 aromatic carbocycles. The molecule has 1 rings (SSSR count). The summed E-state index contributed by atoms with van der Waals surface area (Å²) in [7, 11) is 0. The summed E-state index contributed by atoms with van der Waals surface area (Å²) in [6.07, 6.45) is 2.43. The Kier molecular flexibility index (Phi) is 5.91. The molecule has 1 aromatic heterocycles. The molecule has 0 fully saturated rings. The molecule has 0 bridgehead atoms. The number of pyridine rings is 1. The molecule has 2 N–H and O–H groups in total. The lowest BCUT2D eigenvalue weighted by Gasteiger charge is -2.28. The molecule has 0 aliphatic carbocycles. The van der Waals surface area contributed by atoms with Crippen molar-refractivity contribution in [3.8, 4) is 0 Å². The first kappa shape index (κ1) is 16.9. The number of hydrogen-bond acceptors (Lipinski definition) is 5. The van der Waals surface area contributed by atoms with Crippen LogP contribution >= 0.6 is 15.9 Å². The molecule has 1 amide bonds. The number of rotatable bonds is 4. The highest BCUT2D eigenvalue weighted by Gasteiger charge is 2.28. The number of carbonyl (C=O) groups is 1. The minimum Gasteiger partial charge on any atom is -0.442 e. The van der Waals surface area contributed by atoms with Crippen LogP contribution in [0.3, 0.4) is 0 Å². The quantitative estimate of drug-likeness (QED) is 0.646. The number of amides is 1. The predicted octanol–water partition coefficient (Wildman–Crippen LogP) is 2.89. The minimum absolute atomic E-state index is 0.174. The van der Waals surface area contributed by atoms with E-state index in [1.165, 1.54) is 6.20 Å². The summed E-state index contributed by atoms with van der Waals surface area (Å²) in [6, 6.07) is 1.00. The molecular weight excluding hydrogens is 328 g/mol. The number of aromatic nitrogens is 1. The van der Waals surface area contributed by atoms with Gasteiger partial charge in [0, 0.05) is 23.5 Å². The van der Waals surface area contributed by atoms with Crippen molar-refractivity contribution < 1.29 is 19.8 Å². The standard InChI is InChI=1S/C13H19BrN2O4/c1-13(2,3)20-12(18)16(19)11(4-5-17)9-6-10(14)8-15-7-9/h6-8,11,17,19H,4-5H2,1-3H3/t11-/m0/s1. The van der Waals surface area contributed by atoms with Crippen molar-refractivity contribution in [2.45, 2.75) is 38.8 Å². The van der Waals surface area contributed by atoms with E-state index in [0.717, 1.165) is 4.47 Å². The van der Waals surface area contributed by atoms with Gasteiger partial charge in [-0.05, 0) is 54.8 Å². The molecule has 1 atom stereocenters. The van der Waals surface area contributed by atoms with Crippen LogP contribution in [0.2, 0.25) is 0 Å². The van der Waals surface area contributed by atoms with Crippen molar-refractivity contribution in [1.29, 1.82) is 0 Å². The van der Waals surface area contributed by atoms with Gasteiger partial charge in [-0.2, -0.15) is 5.06 Å². The lowest BCUT2D eigenvalue weighted by atomic mass is 10.1. The van der Waals surface area contributed by atoms with Gasteiger partial charge >= 0.3 is 6.09 Å². The lowest BCUT2D eigenvalue weighted by molar-refractivity contribution is -0.125. The van der Waals surface area contributed by atoms with Gasteiger partial charge < -0.3 is 9.84 Å². The van der Waals surface area contributed by atoms with E-state index in [2.05, 4.69) is 20.9 Å². The van der Waals surface area contributed by atoms with Crippen molar-refractivity contribution in [3.63, 3.8) is 0 Å². The Bertz CT molecular complexity index is 462. The summed E-state index contributed by atoms with van der Waals surface area (Å²) in [5.41, 5.74) is -0.112. The maximum absolute atomic E-state index is 11.9. The fraction of sp³-hybridized carbons (Fsp3) is 0.538. The largest absolute Gasteiger partial charge is 0.442 e. The highest BCUT2D eigenvalue weighted by atomic mass is 79.9. The van der Waals surface area contributed by atoms with Gasteiger partial charge in [0.2, 0.25) is 0 Å². The van der Waals surface area contributed by atoms with Gasteiger partial charge in [-0.25, -0.2) is 4.79 Å². The van der Waals surface area contributed by atoms with Crippen molar-refractivity contribution in [2.75, 3.05) is 6.61 Å².